The predicted molar refractivity (Wildman–Crippen MR) is 65.6 cm³/mol. The third kappa shape index (κ3) is 2.78. The molecule has 0 N–H and O–H groups in total. The van der Waals surface area contributed by atoms with Gasteiger partial charge in [-0.1, -0.05) is 6.08 Å². The standard InChI is InChI=1S/C14H22O3/c1-16-14(17-2)8-6-11(7-9-14)12-4-3-5-13(15)10-12/h3,5,11-12H,4,6-10H2,1-2H3. The normalized spacial score (nSPS) is 29.5. The number of allylic oxidation sites excluding steroid dienone is 2. The molecule has 2 aliphatic rings. The van der Waals surface area contributed by atoms with Gasteiger partial charge in [0.1, 0.15) is 0 Å². The lowest BCUT2D eigenvalue weighted by atomic mass is 9.73. The van der Waals surface area contributed by atoms with Gasteiger partial charge >= 0.3 is 0 Å². The van der Waals surface area contributed by atoms with E-state index in [9.17, 15) is 4.79 Å². The summed E-state index contributed by atoms with van der Waals surface area (Å²) in [6, 6.07) is 0. The summed E-state index contributed by atoms with van der Waals surface area (Å²) in [5, 5.41) is 0. The summed E-state index contributed by atoms with van der Waals surface area (Å²) < 4.78 is 11.0. The third-order valence-corrected chi connectivity index (χ3v) is 4.41. The molecule has 0 aliphatic heterocycles. The van der Waals surface area contributed by atoms with Crippen LogP contribution in [-0.2, 0) is 14.3 Å². The molecule has 1 saturated carbocycles. The summed E-state index contributed by atoms with van der Waals surface area (Å²) >= 11 is 0. The molecular formula is C14H22O3. The number of ether oxygens (including phenoxy) is 2. The van der Waals surface area contributed by atoms with Crippen molar-refractivity contribution in [2.45, 2.75) is 44.3 Å². The van der Waals surface area contributed by atoms with E-state index in [-0.39, 0.29) is 11.6 Å². The second-order valence-corrected chi connectivity index (χ2v) is 5.22. The summed E-state index contributed by atoms with van der Waals surface area (Å²) in [7, 11) is 3.44. The highest BCUT2D eigenvalue weighted by Crippen LogP contribution is 2.41. The molecule has 3 heteroatoms. The molecule has 0 spiro atoms. The lowest BCUT2D eigenvalue weighted by Crippen LogP contribution is -2.39. The lowest BCUT2D eigenvalue weighted by molar-refractivity contribution is -0.229. The minimum absolute atomic E-state index is 0.288. The summed E-state index contributed by atoms with van der Waals surface area (Å²) in [4.78, 5) is 11.4. The van der Waals surface area contributed by atoms with Crippen LogP contribution in [-0.4, -0.2) is 25.8 Å². The van der Waals surface area contributed by atoms with Gasteiger partial charge < -0.3 is 9.47 Å². The van der Waals surface area contributed by atoms with Crippen LogP contribution in [0, 0.1) is 11.8 Å². The van der Waals surface area contributed by atoms with Gasteiger partial charge in [0.15, 0.2) is 11.6 Å². The van der Waals surface area contributed by atoms with E-state index in [0.717, 1.165) is 38.5 Å². The quantitative estimate of drug-likeness (QED) is 0.709. The average molecular weight is 238 g/mol. The molecular weight excluding hydrogens is 216 g/mol. The van der Waals surface area contributed by atoms with Gasteiger partial charge in [0, 0.05) is 33.5 Å². The number of methoxy groups -OCH3 is 2. The Morgan fingerprint density at radius 1 is 1.18 bits per heavy atom. The molecule has 1 unspecified atom stereocenters. The zero-order chi connectivity index (χ0) is 12.3. The van der Waals surface area contributed by atoms with Gasteiger partial charge in [-0.2, -0.15) is 0 Å². The Bertz CT molecular complexity index is 295. The van der Waals surface area contributed by atoms with Gasteiger partial charge in [-0.15, -0.1) is 0 Å². The van der Waals surface area contributed by atoms with Crippen LogP contribution >= 0.6 is 0 Å². The van der Waals surface area contributed by atoms with Crippen LogP contribution in [0.5, 0.6) is 0 Å². The highest BCUT2D eigenvalue weighted by Gasteiger charge is 2.38. The first-order chi connectivity index (χ1) is 8.19. The fourth-order valence-electron chi connectivity index (χ4n) is 3.19. The topological polar surface area (TPSA) is 35.5 Å². The minimum Gasteiger partial charge on any atom is -0.353 e. The molecule has 0 aromatic heterocycles. The van der Waals surface area contributed by atoms with Crippen molar-refractivity contribution in [2.24, 2.45) is 11.8 Å². The van der Waals surface area contributed by atoms with Gasteiger partial charge in [-0.25, -0.2) is 0 Å². The third-order valence-electron chi connectivity index (χ3n) is 4.41. The van der Waals surface area contributed by atoms with Crippen molar-refractivity contribution in [3.63, 3.8) is 0 Å². The van der Waals surface area contributed by atoms with E-state index in [1.807, 2.05) is 6.08 Å². The van der Waals surface area contributed by atoms with Crippen molar-refractivity contribution >= 4 is 5.78 Å². The van der Waals surface area contributed by atoms with Gasteiger partial charge in [-0.3, -0.25) is 4.79 Å². The fourth-order valence-corrected chi connectivity index (χ4v) is 3.19. The van der Waals surface area contributed by atoms with Crippen LogP contribution in [0.15, 0.2) is 12.2 Å². The van der Waals surface area contributed by atoms with Crippen LogP contribution in [0.2, 0.25) is 0 Å². The second kappa shape index (κ2) is 5.32. The van der Waals surface area contributed by atoms with Crippen LogP contribution in [0.3, 0.4) is 0 Å². The SMILES string of the molecule is COC1(OC)CCC(C2CC=CC(=O)C2)CC1. The fraction of sp³-hybridized carbons (Fsp3) is 0.786. The maximum atomic E-state index is 11.4. The van der Waals surface area contributed by atoms with Crippen molar-refractivity contribution in [3.8, 4) is 0 Å². The number of rotatable bonds is 3. The highest BCUT2D eigenvalue weighted by atomic mass is 16.7. The van der Waals surface area contributed by atoms with E-state index in [4.69, 9.17) is 9.47 Å². The van der Waals surface area contributed by atoms with Crippen molar-refractivity contribution in [3.05, 3.63) is 12.2 Å². The maximum Gasteiger partial charge on any atom is 0.167 e. The van der Waals surface area contributed by atoms with E-state index in [1.54, 1.807) is 20.3 Å². The molecule has 17 heavy (non-hydrogen) atoms. The first kappa shape index (κ1) is 12.8. The summed E-state index contributed by atoms with van der Waals surface area (Å²) in [6.45, 7) is 0. The monoisotopic (exact) mass is 238 g/mol. The number of carbonyl (C=O) groups is 1. The van der Waals surface area contributed by atoms with Gasteiger partial charge in [0.25, 0.3) is 0 Å². The predicted octanol–water partition coefficient (Wildman–Crippen LogP) is 2.70. The Labute approximate surface area is 103 Å². The Balaban J connectivity index is 1.91. The molecule has 96 valence electrons. The molecule has 0 aromatic rings. The van der Waals surface area contributed by atoms with E-state index < -0.39 is 0 Å². The van der Waals surface area contributed by atoms with E-state index >= 15 is 0 Å². The van der Waals surface area contributed by atoms with E-state index in [0.29, 0.717) is 11.8 Å². The molecule has 0 bridgehead atoms. The molecule has 1 atom stereocenters. The van der Waals surface area contributed by atoms with E-state index in [2.05, 4.69) is 0 Å². The smallest absolute Gasteiger partial charge is 0.167 e. The number of hydrogen-bond acceptors (Lipinski definition) is 3. The summed E-state index contributed by atoms with van der Waals surface area (Å²) in [5.41, 5.74) is 0. The Morgan fingerprint density at radius 2 is 1.82 bits per heavy atom. The van der Waals surface area contributed by atoms with Gasteiger partial charge in [0.2, 0.25) is 0 Å². The van der Waals surface area contributed by atoms with Gasteiger partial charge in [-0.05, 0) is 37.2 Å². The zero-order valence-corrected chi connectivity index (χ0v) is 10.8. The summed E-state index contributed by atoms with van der Waals surface area (Å²) in [6.07, 6.45) is 9.65. The van der Waals surface area contributed by atoms with Crippen LogP contribution in [0.4, 0.5) is 0 Å². The maximum absolute atomic E-state index is 11.4. The molecule has 2 rings (SSSR count). The Hall–Kier alpha value is -0.670. The summed E-state index contributed by atoms with van der Waals surface area (Å²) in [5.74, 6) is 1.11. The molecule has 0 saturated heterocycles. The Morgan fingerprint density at radius 3 is 2.35 bits per heavy atom. The minimum atomic E-state index is -0.370. The molecule has 0 radical (unpaired) electrons. The van der Waals surface area contributed by atoms with Crippen molar-refractivity contribution < 1.29 is 14.3 Å². The number of ketones is 1. The zero-order valence-electron chi connectivity index (χ0n) is 10.8. The number of hydrogen-bond donors (Lipinski definition) is 0. The molecule has 0 aromatic carbocycles. The van der Waals surface area contributed by atoms with Crippen LogP contribution < -0.4 is 0 Å². The first-order valence-corrected chi connectivity index (χ1v) is 6.49. The molecule has 0 amide bonds. The molecule has 2 aliphatic carbocycles. The van der Waals surface area contributed by atoms with Crippen molar-refractivity contribution in [2.75, 3.05) is 14.2 Å². The second-order valence-electron chi connectivity index (χ2n) is 5.22. The van der Waals surface area contributed by atoms with Gasteiger partial charge in [0.05, 0.1) is 0 Å². The number of carbonyl (C=O) groups excluding carboxylic acids is 1. The first-order valence-electron chi connectivity index (χ1n) is 6.49. The molecule has 1 fully saturated rings. The van der Waals surface area contributed by atoms with Crippen LogP contribution in [0.1, 0.15) is 38.5 Å². The molecule has 0 heterocycles. The van der Waals surface area contributed by atoms with E-state index in [1.165, 1.54) is 0 Å². The lowest BCUT2D eigenvalue weighted by Gasteiger charge is -2.40. The van der Waals surface area contributed by atoms with Crippen molar-refractivity contribution in [1.82, 2.24) is 0 Å². The molecule has 3 nitrogen and oxygen atoms in total. The highest BCUT2D eigenvalue weighted by molar-refractivity contribution is 5.90. The van der Waals surface area contributed by atoms with Crippen molar-refractivity contribution in [1.29, 1.82) is 0 Å². The van der Waals surface area contributed by atoms with Crippen LogP contribution in [0.25, 0.3) is 0 Å². The largest absolute Gasteiger partial charge is 0.353 e. The Kier molecular flexibility index (Phi) is 4.00. The average Bonchev–Trinajstić information content (AvgIpc) is 2.39.